The van der Waals surface area contributed by atoms with E-state index in [1.54, 1.807) is 5.54 Å². The third-order valence-corrected chi connectivity index (χ3v) is 4.03. The molecule has 0 heterocycles. The van der Waals surface area contributed by atoms with Crippen molar-refractivity contribution in [3.8, 4) is 5.75 Å². The molecule has 0 N–H and O–H groups in total. The smallest absolute Gasteiger partial charge is 0.127 e. The molecule has 1 aliphatic carbocycles. The van der Waals surface area contributed by atoms with E-state index in [1.807, 2.05) is 30.3 Å². The number of allylic oxidation sites excluding steroid dienone is 1. The minimum atomic E-state index is 0.164. The molecule has 0 bridgehead atoms. The number of para-hydroxylation sites is 1. The first-order valence-electron chi connectivity index (χ1n) is 6.34. The number of benzene rings is 1. The van der Waals surface area contributed by atoms with Crippen molar-refractivity contribution in [3.63, 3.8) is 0 Å². The molecule has 0 unspecified atom stereocenters. The predicted octanol–water partition coefficient (Wildman–Crippen LogP) is 5.12. The molecule has 1 aromatic carbocycles. The Labute approximate surface area is 108 Å². The fourth-order valence-electron chi connectivity index (χ4n) is 2.69. The summed E-state index contributed by atoms with van der Waals surface area (Å²) in [4.78, 5) is 0. The van der Waals surface area contributed by atoms with Crippen molar-refractivity contribution >= 4 is 11.6 Å². The van der Waals surface area contributed by atoms with Crippen LogP contribution in [0.15, 0.2) is 41.6 Å². The van der Waals surface area contributed by atoms with Gasteiger partial charge in [0.25, 0.3) is 0 Å². The molecule has 1 aliphatic rings. The van der Waals surface area contributed by atoms with Crippen molar-refractivity contribution in [1.82, 2.24) is 0 Å². The van der Waals surface area contributed by atoms with Crippen LogP contribution in [0.3, 0.4) is 0 Å². The zero-order valence-corrected chi connectivity index (χ0v) is 11.0. The van der Waals surface area contributed by atoms with Gasteiger partial charge in [0.2, 0.25) is 0 Å². The molecule has 0 aliphatic heterocycles. The largest absolute Gasteiger partial charge is 0.460 e. The summed E-state index contributed by atoms with van der Waals surface area (Å²) in [5, 5.41) is 0. The SMILES string of the molecule is CCC1(/C(=C/Cl)Oc2ccccc2)CCCC1. The van der Waals surface area contributed by atoms with Crippen molar-refractivity contribution in [1.29, 1.82) is 0 Å². The fraction of sp³-hybridized carbons (Fsp3) is 0.467. The molecule has 0 aromatic heterocycles. The average Bonchev–Trinajstić information content (AvgIpc) is 2.87. The van der Waals surface area contributed by atoms with Gasteiger partial charge < -0.3 is 4.74 Å². The van der Waals surface area contributed by atoms with E-state index < -0.39 is 0 Å². The number of ether oxygens (including phenoxy) is 1. The molecule has 1 saturated carbocycles. The average molecular weight is 251 g/mol. The molecule has 2 rings (SSSR count). The zero-order valence-electron chi connectivity index (χ0n) is 10.3. The molecular formula is C15H19ClO. The van der Waals surface area contributed by atoms with Gasteiger partial charge in [0, 0.05) is 11.0 Å². The van der Waals surface area contributed by atoms with Crippen LogP contribution in [0.25, 0.3) is 0 Å². The summed E-state index contributed by atoms with van der Waals surface area (Å²) in [5.41, 5.74) is 1.79. The second-order valence-electron chi connectivity index (χ2n) is 4.73. The third kappa shape index (κ3) is 2.66. The standard InChI is InChI=1S/C15H19ClO/c1-2-15(10-6-7-11-15)14(12-16)17-13-8-4-3-5-9-13/h3-5,8-9,12H,2,6-7,10-11H2,1H3/b14-12-. The Morgan fingerprint density at radius 3 is 2.47 bits per heavy atom. The van der Waals surface area contributed by atoms with Gasteiger partial charge in [-0.3, -0.25) is 0 Å². The van der Waals surface area contributed by atoms with Gasteiger partial charge in [-0.1, -0.05) is 49.6 Å². The second kappa shape index (κ2) is 5.59. The van der Waals surface area contributed by atoms with E-state index >= 15 is 0 Å². The molecule has 1 aromatic rings. The first-order valence-corrected chi connectivity index (χ1v) is 6.78. The number of rotatable bonds is 4. The molecule has 92 valence electrons. The molecule has 2 heteroatoms. The summed E-state index contributed by atoms with van der Waals surface area (Å²) in [7, 11) is 0. The van der Waals surface area contributed by atoms with E-state index in [0.29, 0.717) is 0 Å². The molecule has 17 heavy (non-hydrogen) atoms. The van der Waals surface area contributed by atoms with Crippen LogP contribution in [-0.2, 0) is 0 Å². The van der Waals surface area contributed by atoms with Crippen LogP contribution >= 0.6 is 11.6 Å². The number of hydrogen-bond donors (Lipinski definition) is 0. The lowest BCUT2D eigenvalue weighted by molar-refractivity contribution is 0.230. The Kier molecular flexibility index (Phi) is 4.11. The lowest BCUT2D eigenvalue weighted by Gasteiger charge is -2.29. The van der Waals surface area contributed by atoms with Crippen LogP contribution in [0.2, 0.25) is 0 Å². The van der Waals surface area contributed by atoms with Crippen molar-refractivity contribution in [3.05, 3.63) is 41.6 Å². The highest BCUT2D eigenvalue weighted by molar-refractivity contribution is 6.25. The van der Waals surface area contributed by atoms with E-state index in [1.165, 1.54) is 25.7 Å². The molecule has 0 atom stereocenters. The highest BCUT2D eigenvalue weighted by Crippen LogP contribution is 2.47. The Hall–Kier alpha value is -0.950. The number of halogens is 1. The maximum atomic E-state index is 5.98. The van der Waals surface area contributed by atoms with Gasteiger partial charge in [-0.2, -0.15) is 0 Å². The topological polar surface area (TPSA) is 9.23 Å². The first-order chi connectivity index (χ1) is 8.30. The maximum Gasteiger partial charge on any atom is 0.127 e. The third-order valence-electron chi connectivity index (χ3n) is 3.83. The molecule has 1 fully saturated rings. The van der Waals surface area contributed by atoms with Gasteiger partial charge in [-0.25, -0.2) is 0 Å². The Morgan fingerprint density at radius 2 is 1.94 bits per heavy atom. The van der Waals surface area contributed by atoms with Gasteiger partial charge in [0.15, 0.2) is 0 Å². The van der Waals surface area contributed by atoms with E-state index in [-0.39, 0.29) is 5.41 Å². The molecule has 1 nitrogen and oxygen atoms in total. The Bertz CT molecular complexity index is 377. The van der Waals surface area contributed by atoms with E-state index in [4.69, 9.17) is 16.3 Å². The quantitative estimate of drug-likeness (QED) is 0.675. The highest BCUT2D eigenvalue weighted by atomic mass is 35.5. The van der Waals surface area contributed by atoms with Gasteiger partial charge >= 0.3 is 0 Å². The molecular weight excluding hydrogens is 232 g/mol. The van der Waals surface area contributed by atoms with Crippen LogP contribution < -0.4 is 4.74 Å². The Morgan fingerprint density at radius 1 is 1.29 bits per heavy atom. The van der Waals surface area contributed by atoms with Crippen LogP contribution in [0.1, 0.15) is 39.0 Å². The second-order valence-corrected chi connectivity index (χ2v) is 4.95. The molecule has 0 saturated heterocycles. The van der Waals surface area contributed by atoms with Gasteiger partial charge in [0.1, 0.15) is 11.5 Å². The minimum absolute atomic E-state index is 0.164. The van der Waals surface area contributed by atoms with Crippen LogP contribution in [0.4, 0.5) is 0 Å². The van der Waals surface area contributed by atoms with Gasteiger partial charge in [-0.05, 0) is 31.4 Å². The first kappa shape index (κ1) is 12.5. The van der Waals surface area contributed by atoms with Gasteiger partial charge in [-0.15, -0.1) is 0 Å². The molecule has 0 amide bonds. The van der Waals surface area contributed by atoms with E-state index in [9.17, 15) is 0 Å². The Balaban J connectivity index is 2.17. The molecule has 0 radical (unpaired) electrons. The van der Waals surface area contributed by atoms with E-state index in [2.05, 4.69) is 6.92 Å². The number of hydrogen-bond acceptors (Lipinski definition) is 1. The lowest BCUT2D eigenvalue weighted by atomic mass is 9.82. The summed E-state index contributed by atoms with van der Waals surface area (Å²) in [6.07, 6.45) is 6.03. The highest BCUT2D eigenvalue weighted by Gasteiger charge is 2.37. The van der Waals surface area contributed by atoms with Gasteiger partial charge in [0.05, 0.1) is 0 Å². The normalized spacial score (nSPS) is 19.3. The minimum Gasteiger partial charge on any atom is -0.460 e. The van der Waals surface area contributed by atoms with Crippen molar-refractivity contribution in [2.45, 2.75) is 39.0 Å². The molecule has 0 spiro atoms. The summed E-state index contributed by atoms with van der Waals surface area (Å²) in [5.74, 6) is 1.81. The summed E-state index contributed by atoms with van der Waals surface area (Å²) in [6.45, 7) is 2.22. The van der Waals surface area contributed by atoms with Crippen LogP contribution in [0.5, 0.6) is 5.75 Å². The maximum absolute atomic E-state index is 5.98. The monoisotopic (exact) mass is 250 g/mol. The van der Waals surface area contributed by atoms with Crippen LogP contribution in [-0.4, -0.2) is 0 Å². The van der Waals surface area contributed by atoms with E-state index in [0.717, 1.165) is 17.9 Å². The fourth-order valence-corrected chi connectivity index (χ4v) is 2.96. The lowest BCUT2D eigenvalue weighted by Crippen LogP contribution is -2.22. The summed E-state index contributed by atoms with van der Waals surface area (Å²) >= 11 is 5.98. The van der Waals surface area contributed by atoms with Crippen molar-refractivity contribution in [2.75, 3.05) is 0 Å². The van der Waals surface area contributed by atoms with Crippen molar-refractivity contribution in [2.24, 2.45) is 5.41 Å². The summed E-state index contributed by atoms with van der Waals surface area (Å²) < 4.78 is 5.97. The van der Waals surface area contributed by atoms with Crippen LogP contribution in [0, 0.1) is 5.41 Å². The zero-order chi connectivity index (χ0) is 12.1. The predicted molar refractivity (Wildman–Crippen MR) is 72.2 cm³/mol. The van der Waals surface area contributed by atoms with Crippen molar-refractivity contribution < 1.29 is 4.74 Å². The summed E-state index contributed by atoms with van der Waals surface area (Å²) in [6, 6.07) is 9.89.